The summed E-state index contributed by atoms with van der Waals surface area (Å²) in [5.41, 5.74) is 8.21. The number of aryl methyl sites for hydroxylation is 2. The van der Waals surface area contributed by atoms with Crippen molar-refractivity contribution >= 4 is 5.96 Å². The quantitative estimate of drug-likeness (QED) is 0.363. The largest absolute Gasteiger partial charge is 0.370 e. The van der Waals surface area contributed by atoms with Crippen LogP contribution in [0.1, 0.15) is 50.3 Å². The van der Waals surface area contributed by atoms with Gasteiger partial charge in [0.15, 0.2) is 5.96 Å². The predicted octanol–water partition coefficient (Wildman–Crippen LogP) is 2.14. The molecule has 1 heterocycles. The van der Waals surface area contributed by atoms with Gasteiger partial charge in [-0.05, 0) is 31.7 Å². The van der Waals surface area contributed by atoms with Crippen molar-refractivity contribution in [2.24, 2.45) is 10.7 Å². The molecule has 0 aromatic carbocycles. The zero-order valence-corrected chi connectivity index (χ0v) is 12.2. The highest BCUT2D eigenvalue weighted by molar-refractivity contribution is 5.77. The maximum absolute atomic E-state index is 5.80. The smallest absolute Gasteiger partial charge is 0.188 e. The molecule has 0 aliphatic rings. The van der Waals surface area contributed by atoms with E-state index in [1.54, 1.807) is 0 Å². The number of nitrogens with one attached hydrogen (secondary N) is 2. The van der Waals surface area contributed by atoms with Gasteiger partial charge in [0.05, 0.1) is 6.20 Å². The topological polar surface area (TPSA) is 79.1 Å². The van der Waals surface area contributed by atoms with E-state index in [0.29, 0.717) is 5.96 Å². The lowest BCUT2D eigenvalue weighted by Gasteiger charge is -2.05. The third-order valence-electron chi connectivity index (χ3n) is 3.16. The Morgan fingerprint density at radius 3 is 2.89 bits per heavy atom. The number of aromatic amines is 1. The monoisotopic (exact) mass is 265 g/mol. The molecule has 0 unspecified atom stereocenters. The average molecular weight is 265 g/mol. The summed E-state index contributed by atoms with van der Waals surface area (Å²) in [6, 6.07) is 0. The fourth-order valence-electron chi connectivity index (χ4n) is 1.92. The van der Waals surface area contributed by atoms with Crippen molar-refractivity contribution in [1.29, 1.82) is 0 Å². The van der Waals surface area contributed by atoms with Crippen LogP contribution in [-0.2, 0) is 6.42 Å². The molecule has 0 aliphatic carbocycles. The van der Waals surface area contributed by atoms with Crippen molar-refractivity contribution in [3.63, 3.8) is 0 Å². The Labute approximate surface area is 116 Å². The molecule has 1 aromatic heterocycles. The van der Waals surface area contributed by atoms with Gasteiger partial charge in [-0.25, -0.2) is 0 Å². The second-order valence-electron chi connectivity index (χ2n) is 4.88. The van der Waals surface area contributed by atoms with E-state index in [-0.39, 0.29) is 0 Å². The molecule has 0 saturated carbocycles. The second kappa shape index (κ2) is 9.42. The molecule has 0 atom stereocenters. The van der Waals surface area contributed by atoms with Crippen molar-refractivity contribution < 1.29 is 0 Å². The minimum Gasteiger partial charge on any atom is -0.370 e. The number of aliphatic imine (C=N–C) groups is 1. The highest BCUT2D eigenvalue weighted by Crippen LogP contribution is 2.05. The highest BCUT2D eigenvalue weighted by Gasteiger charge is 1.99. The number of H-pyrrole nitrogens is 1. The second-order valence-corrected chi connectivity index (χ2v) is 4.88. The first kappa shape index (κ1) is 15.5. The van der Waals surface area contributed by atoms with E-state index in [9.17, 15) is 0 Å². The SMILES string of the molecule is CCCCCCNC(N)=NCCCc1cn[nH]c1C. The van der Waals surface area contributed by atoms with E-state index in [4.69, 9.17) is 5.73 Å². The van der Waals surface area contributed by atoms with Crippen LogP contribution in [0, 0.1) is 6.92 Å². The van der Waals surface area contributed by atoms with Crippen LogP contribution in [0.15, 0.2) is 11.2 Å². The van der Waals surface area contributed by atoms with Gasteiger partial charge in [0.2, 0.25) is 0 Å². The molecule has 0 aliphatic heterocycles. The van der Waals surface area contributed by atoms with Crippen molar-refractivity contribution in [3.8, 4) is 0 Å². The number of nitrogens with zero attached hydrogens (tertiary/aromatic N) is 2. The minimum absolute atomic E-state index is 0.570. The minimum atomic E-state index is 0.570. The molecule has 0 amide bonds. The molecule has 0 spiro atoms. The summed E-state index contributed by atoms with van der Waals surface area (Å²) >= 11 is 0. The van der Waals surface area contributed by atoms with Gasteiger partial charge in [0, 0.05) is 18.8 Å². The summed E-state index contributed by atoms with van der Waals surface area (Å²) in [5.74, 6) is 0.570. The Morgan fingerprint density at radius 1 is 1.37 bits per heavy atom. The van der Waals surface area contributed by atoms with Crippen molar-refractivity contribution in [2.45, 2.75) is 52.4 Å². The van der Waals surface area contributed by atoms with E-state index in [0.717, 1.165) is 38.0 Å². The molecule has 5 heteroatoms. The Balaban J connectivity index is 2.06. The Bertz CT molecular complexity index is 370. The van der Waals surface area contributed by atoms with Gasteiger partial charge in [0.1, 0.15) is 0 Å². The number of nitrogens with two attached hydrogens (primary N) is 1. The Hall–Kier alpha value is -1.52. The highest BCUT2D eigenvalue weighted by atomic mass is 15.1. The van der Waals surface area contributed by atoms with E-state index >= 15 is 0 Å². The number of rotatable bonds is 9. The molecule has 0 saturated heterocycles. The molecule has 1 rings (SSSR count). The molecule has 5 nitrogen and oxygen atoms in total. The summed E-state index contributed by atoms with van der Waals surface area (Å²) in [4.78, 5) is 4.32. The van der Waals surface area contributed by atoms with Crippen LogP contribution in [0.4, 0.5) is 0 Å². The first-order valence-corrected chi connectivity index (χ1v) is 7.26. The normalized spacial score (nSPS) is 11.8. The number of unbranched alkanes of at least 4 members (excludes halogenated alkanes) is 3. The van der Waals surface area contributed by atoms with Crippen LogP contribution in [0.25, 0.3) is 0 Å². The van der Waals surface area contributed by atoms with Crippen molar-refractivity contribution in [1.82, 2.24) is 15.5 Å². The zero-order chi connectivity index (χ0) is 13.9. The number of guanidine groups is 1. The molecule has 0 fully saturated rings. The maximum Gasteiger partial charge on any atom is 0.188 e. The first-order valence-electron chi connectivity index (χ1n) is 7.26. The molecule has 108 valence electrons. The molecule has 1 aromatic rings. The van der Waals surface area contributed by atoms with Crippen molar-refractivity contribution in [3.05, 3.63) is 17.5 Å². The van der Waals surface area contributed by atoms with Crippen LogP contribution in [-0.4, -0.2) is 29.2 Å². The zero-order valence-electron chi connectivity index (χ0n) is 12.2. The molecule has 0 bridgehead atoms. The summed E-state index contributed by atoms with van der Waals surface area (Å²) in [6.45, 7) is 5.94. The fraction of sp³-hybridized carbons (Fsp3) is 0.714. The van der Waals surface area contributed by atoms with Gasteiger partial charge in [-0.1, -0.05) is 26.2 Å². The Morgan fingerprint density at radius 2 is 2.21 bits per heavy atom. The van der Waals surface area contributed by atoms with Gasteiger partial charge in [-0.15, -0.1) is 0 Å². The van der Waals surface area contributed by atoms with Crippen LogP contribution < -0.4 is 11.1 Å². The standard InChI is InChI=1S/C14H27N5/c1-3-4-5-6-9-16-14(15)17-10-7-8-13-11-18-19-12(13)2/h11H,3-10H2,1-2H3,(H,18,19)(H3,15,16,17). The number of hydrogen-bond donors (Lipinski definition) is 3. The first-order chi connectivity index (χ1) is 9.24. The van der Waals surface area contributed by atoms with Crippen LogP contribution in [0.5, 0.6) is 0 Å². The van der Waals surface area contributed by atoms with Crippen LogP contribution >= 0.6 is 0 Å². The summed E-state index contributed by atoms with van der Waals surface area (Å²) in [6.07, 6.45) is 8.86. The van der Waals surface area contributed by atoms with E-state index < -0.39 is 0 Å². The molecule has 0 radical (unpaired) electrons. The molecule has 19 heavy (non-hydrogen) atoms. The molecular weight excluding hydrogens is 238 g/mol. The summed E-state index contributed by atoms with van der Waals surface area (Å²) < 4.78 is 0. The number of hydrogen-bond acceptors (Lipinski definition) is 2. The van der Waals surface area contributed by atoms with Crippen LogP contribution in [0.2, 0.25) is 0 Å². The number of aromatic nitrogens is 2. The maximum atomic E-state index is 5.80. The summed E-state index contributed by atoms with van der Waals surface area (Å²) in [7, 11) is 0. The van der Waals surface area contributed by atoms with Gasteiger partial charge in [-0.3, -0.25) is 10.1 Å². The third-order valence-corrected chi connectivity index (χ3v) is 3.16. The lowest BCUT2D eigenvalue weighted by molar-refractivity contribution is 0.652. The van der Waals surface area contributed by atoms with Gasteiger partial charge in [-0.2, -0.15) is 5.10 Å². The van der Waals surface area contributed by atoms with Gasteiger partial charge >= 0.3 is 0 Å². The fourth-order valence-corrected chi connectivity index (χ4v) is 1.92. The lowest BCUT2D eigenvalue weighted by atomic mass is 10.1. The summed E-state index contributed by atoms with van der Waals surface area (Å²) in [5, 5.41) is 10.1. The van der Waals surface area contributed by atoms with Gasteiger partial charge in [0.25, 0.3) is 0 Å². The predicted molar refractivity (Wildman–Crippen MR) is 80.3 cm³/mol. The van der Waals surface area contributed by atoms with Gasteiger partial charge < -0.3 is 11.1 Å². The van der Waals surface area contributed by atoms with E-state index in [1.807, 2.05) is 13.1 Å². The lowest BCUT2D eigenvalue weighted by Crippen LogP contribution is -2.32. The average Bonchev–Trinajstić information content (AvgIpc) is 2.80. The molecule has 4 N–H and O–H groups in total. The third kappa shape index (κ3) is 6.84. The Kier molecular flexibility index (Phi) is 7.70. The van der Waals surface area contributed by atoms with E-state index in [2.05, 4.69) is 27.4 Å². The van der Waals surface area contributed by atoms with E-state index in [1.165, 1.54) is 24.8 Å². The molecular formula is C14H27N5. The van der Waals surface area contributed by atoms with Crippen molar-refractivity contribution in [2.75, 3.05) is 13.1 Å². The van der Waals surface area contributed by atoms with Crippen LogP contribution in [0.3, 0.4) is 0 Å².